The molecule has 0 spiro atoms. The second-order valence-electron chi connectivity index (χ2n) is 14.6. The maximum atomic E-state index is 14.1. The highest BCUT2D eigenvalue weighted by atomic mass is 16.6. The van der Waals surface area contributed by atoms with Crippen LogP contribution >= 0.6 is 0 Å². The van der Waals surface area contributed by atoms with Crippen LogP contribution in [0.5, 0.6) is 0 Å². The molecule has 15 heteroatoms. The highest BCUT2D eigenvalue weighted by molar-refractivity contribution is 5.94. The molecule has 0 radical (unpaired) electrons. The lowest BCUT2D eigenvalue weighted by Gasteiger charge is -2.57. The standard InChI is InChI=1S/C35H55N9O6/c36-11-5-4-9-25(29(37)45)42-31(47)27(20-35-17-22-13-23(18-35)15-24(14-22)19-35)44-30(46)26(10-6-12-41-33(38)39)43-32(48)28(50-34(40)49)16-21-7-2-1-3-8-21/h1-3,7-8,22-28H,4-6,9-20,36H2,(H2,37,45)(H2,40,49)(H,42,47)(H,43,48)(H,44,46)(H4,38,39,41)/t22?,23?,24?,25-,26+,27-,28-,35?/m0/s1. The predicted molar refractivity (Wildman–Crippen MR) is 188 cm³/mol. The van der Waals surface area contributed by atoms with E-state index in [1.807, 2.05) is 6.07 Å². The smallest absolute Gasteiger partial charge is 0.405 e. The maximum Gasteiger partial charge on any atom is 0.405 e. The van der Waals surface area contributed by atoms with Crippen LogP contribution in [-0.2, 0) is 30.3 Å². The maximum absolute atomic E-state index is 14.1. The van der Waals surface area contributed by atoms with Gasteiger partial charge < -0.3 is 49.4 Å². The van der Waals surface area contributed by atoms with E-state index in [-0.39, 0.29) is 30.8 Å². The van der Waals surface area contributed by atoms with Crippen molar-refractivity contribution < 1.29 is 28.7 Å². The first-order valence-electron chi connectivity index (χ1n) is 17.8. The molecule has 5 amide bonds. The quantitative estimate of drug-likeness (QED) is 0.0532. The van der Waals surface area contributed by atoms with Crippen LogP contribution in [0.3, 0.4) is 0 Å². The molecule has 0 heterocycles. The lowest BCUT2D eigenvalue weighted by Crippen LogP contribution is -2.59. The third-order valence-corrected chi connectivity index (χ3v) is 10.4. The van der Waals surface area contributed by atoms with Crippen LogP contribution in [0.4, 0.5) is 4.79 Å². The number of benzene rings is 1. The van der Waals surface area contributed by atoms with Crippen LogP contribution in [0.15, 0.2) is 35.3 Å². The molecular formula is C35H55N9O6. The van der Waals surface area contributed by atoms with Gasteiger partial charge >= 0.3 is 6.09 Å². The average Bonchev–Trinajstić information content (AvgIpc) is 3.04. The number of nitrogens with zero attached hydrogens (tertiary/aromatic N) is 1. The van der Waals surface area contributed by atoms with Gasteiger partial charge in [0.2, 0.25) is 17.7 Å². The predicted octanol–water partition coefficient (Wildman–Crippen LogP) is 0.422. The number of nitrogens with two attached hydrogens (primary N) is 5. The number of aliphatic imine (C=N–C) groups is 1. The Morgan fingerprint density at radius 3 is 1.88 bits per heavy atom. The van der Waals surface area contributed by atoms with Crippen molar-refractivity contribution in [1.29, 1.82) is 0 Å². The van der Waals surface area contributed by atoms with E-state index in [1.54, 1.807) is 24.3 Å². The number of rotatable bonds is 20. The average molecular weight is 698 g/mol. The van der Waals surface area contributed by atoms with Crippen LogP contribution in [0.25, 0.3) is 0 Å². The van der Waals surface area contributed by atoms with Gasteiger partial charge in [-0.2, -0.15) is 0 Å². The summed E-state index contributed by atoms with van der Waals surface area (Å²) in [6.45, 7) is 0.630. The van der Waals surface area contributed by atoms with E-state index in [1.165, 1.54) is 19.3 Å². The van der Waals surface area contributed by atoms with E-state index in [9.17, 15) is 24.0 Å². The third kappa shape index (κ3) is 11.3. The van der Waals surface area contributed by atoms with Crippen LogP contribution in [0, 0.1) is 23.2 Å². The Kier molecular flexibility index (Phi) is 13.8. The molecule has 0 saturated heterocycles. The molecule has 4 fully saturated rings. The van der Waals surface area contributed by atoms with Gasteiger partial charge in [0.15, 0.2) is 12.1 Å². The molecule has 15 nitrogen and oxygen atoms in total. The molecule has 0 aliphatic heterocycles. The molecule has 1 aromatic carbocycles. The first-order valence-corrected chi connectivity index (χ1v) is 17.8. The molecule has 1 aromatic rings. The highest BCUT2D eigenvalue weighted by Crippen LogP contribution is 2.61. The minimum atomic E-state index is -1.32. The summed E-state index contributed by atoms with van der Waals surface area (Å²) >= 11 is 0. The van der Waals surface area contributed by atoms with Crippen molar-refractivity contribution in [3.63, 3.8) is 0 Å². The first-order chi connectivity index (χ1) is 23.9. The van der Waals surface area contributed by atoms with Crippen LogP contribution < -0.4 is 44.6 Å². The summed E-state index contributed by atoms with van der Waals surface area (Å²) in [7, 11) is 0. The Balaban J connectivity index is 1.56. The number of hydrogen-bond donors (Lipinski definition) is 8. The molecule has 0 unspecified atom stereocenters. The number of nitrogens with one attached hydrogen (secondary N) is 3. The van der Waals surface area contributed by atoms with Gasteiger partial charge in [0, 0.05) is 13.0 Å². The summed E-state index contributed by atoms with van der Waals surface area (Å²) in [5.74, 6) is -0.821. The van der Waals surface area contributed by atoms with E-state index in [0.717, 1.165) is 19.3 Å². The normalized spacial score (nSPS) is 24.2. The monoisotopic (exact) mass is 697 g/mol. The van der Waals surface area contributed by atoms with Crippen molar-refractivity contribution in [1.82, 2.24) is 16.0 Å². The number of primary amides is 2. The Labute approximate surface area is 293 Å². The highest BCUT2D eigenvalue weighted by Gasteiger charge is 2.52. The molecule has 4 bridgehead atoms. The summed E-state index contributed by atoms with van der Waals surface area (Å²) in [6, 6.07) is 5.86. The SMILES string of the molecule is NCCCC[C@H](NC(=O)[C@H](CC12CC3CC(CC(C3)C1)C2)NC(=O)[C@@H](CCCN=C(N)N)NC(=O)[C@H](Cc1ccccc1)OC(N)=O)C(N)=O. The van der Waals surface area contributed by atoms with Crippen LogP contribution in [-0.4, -0.2) is 73.0 Å². The number of carbonyl (C=O) groups excluding carboxylic acids is 5. The fourth-order valence-electron chi connectivity index (χ4n) is 8.70. The van der Waals surface area contributed by atoms with Crippen molar-refractivity contribution in [2.24, 2.45) is 56.8 Å². The van der Waals surface area contributed by atoms with Crippen molar-refractivity contribution in [3.05, 3.63) is 35.9 Å². The van der Waals surface area contributed by atoms with Crippen LogP contribution in [0.2, 0.25) is 0 Å². The largest absolute Gasteiger partial charge is 0.436 e. The Bertz CT molecular complexity index is 1330. The summed E-state index contributed by atoms with van der Waals surface area (Å²) in [4.78, 5) is 69.8. The van der Waals surface area contributed by atoms with Gasteiger partial charge in [-0.1, -0.05) is 30.3 Å². The number of amides is 5. The molecule has 5 rings (SSSR count). The van der Waals surface area contributed by atoms with E-state index in [4.69, 9.17) is 33.4 Å². The fraction of sp³-hybridized carbons (Fsp3) is 0.657. The topological polar surface area (TPSA) is 273 Å². The van der Waals surface area contributed by atoms with Gasteiger partial charge in [-0.05, 0) is 112 Å². The Hall–Kier alpha value is -4.40. The lowest BCUT2D eigenvalue weighted by molar-refractivity contribution is -0.137. The summed E-state index contributed by atoms with van der Waals surface area (Å²) in [5.41, 5.74) is 28.2. The fourth-order valence-corrected chi connectivity index (χ4v) is 8.70. The zero-order valence-electron chi connectivity index (χ0n) is 28.8. The van der Waals surface area contributed by atoms with Gasteiger partial charge in [0.1, 0.15) is 18.1 Å². The molecular weight excluding hydrogens is 642 g/mol. The zero-order valence-corrected chi connectivity index (χ0v) is 28.8. The van der Waals surface area contributed by atoms with Crippen molar-refractivity contribution >= 4 is 35.7 Å². The number of ether oxygens (including phenoxy) is 1. The van der Waals surface area contributed by atoms with E-state index in [0.29, 0.717) is 62.0 Å². The second-order valence-corrected chi connectivity index (χ2v) is 14.6. The van der Waals surface area contributed by atoms with Gasteiger partial charge in [-0.25, -0.2) is 4.79 Å². The van der Waals surface area contributed by atoms with Gasteiger partial charge in [-0.3, -0.25) is 24.2 Å². The van der Waals surface area contributed by atoms with E-state index < -0.39 is 54.0 Å². The molecule has 4 aliphatic carbocycles. The third-order valence-electron chi connectivity index (χ3n) is 10.4. The second kappa shape index (κ2) is 18.0. The molecule has 13 N–H and O–H groups in total. The van der Waals surface area contributed by atoms with Gasteiger partial charge in [0.05, 0.1) is 0 Å². The zero-order chi connectivity index (χ0) is 36.3. The molecule has 0 aromatic heterocycles. The molecule has 4 aliphatic rings. The minimum Gasteiger partial charge on any atom is -0.436 e. The van der Waals surface area contributed by atoms with Gasteiger partial charge in [0.25, 0.3) is 5.91 Å². The van der Waals surface area contributed by atoms with Crippen molar-refractivity contribution in [2.75, 3.05) is 13.1 Å². The summed E-state index contributed by atoms with van der Waals surface area (Å²) < 4.78 is 5.16. The number of carbonyl (C=O) groups is 5. The van der Waals surface area contributed by atoms with Gasteiger partial charge in [-0.15, -0.1) is 0 Å². The molecule has 276 valence electrons. The summed E-state index contributed by atoms with van der Waals surface area (Å²) in [5, 5.41) is 8.45. The molecule has 50 heavy (non-hydrogen) atoms. The van der Waals surface area contributed by atoms with Crippen molar-refractivity contribution in [3.8, 4) is 0 Å². The number of unbranched alkanes of at least 4 members (excludes halogenated alkanes) is 1. The van der Waals surface area contributed by atoms with Crippen LogP contribution in [0.1, 0.15) is 82.6 Å². The Morgan fingerprint density at radius 1 is 0.760 bits per heavy atom. The molecule has 4 atom stereocenters. The van der Waals surface area contributed by atoms with E-state index in [2.05, 4.69) is 20.9 Å². The van der Waals surface area contributed by atoms with Crippen molar-refractivity contribution in [2.45, 2.75) is 108 Å². The lowest BCUT2D eigenvalue weighted by atomic mass is 9.48. The summed E-state index contributed by atoms with van der Waals surface area (Å²) in [6.07, 6.45) is 6.53. The van der Waals surface area contributed by atoms with E-state index >= 15 is 0 Å². The number of hydrogen-bond acceptors (Lipinski definition) is 8. The number of guanidine groups is 1. The molecule has 4 saturated carbocycles. The minimum absolute atomic E-state index is 0.0215. The Morgan fingerprint density at radius 2 is 1.32 bits per heavy atom. The first kappa shape index (κ1) is 38.4.